The molecule has 4 nitrogen and oxygen atoms in total. The first-order valence-electron chi connectivity index (χ1n) is 12.0. The van der Waals surface area contributed by atoms with Gasteiger partial charge in [-0.15, -0.1) is 0 Å². The summed E-state index contributed by atoms with van der Waals surface area (Å²) in [6.07, 6.45) is 12.7. The molecule has 0 saturated heterocycles. The molecule has 0 aliphatic rings. The normalized spacial score (nSPS) is 11.7. The van der Waals surface area contributed by atoms with Crippen LogP contribution in [0.15, 0.2) is 12.3 Å². The van der Waals surface area contributed by atoms with Gasteiger partial charge in [0.2, 0.25) is 0 Å². The molecule has 1 rings (SSSR count). The molecule has 0 radical (unpaired) electrons. The van der Waals surface area contributed by atoms with E-state index in [2.05, 4.69) is 9.97 Å². The number of carboxylic acids is 1. The van der Waals surface area contributed by atoms with Gasteiger partial charge in [-0.25, -0.2) is 9.97 Å². The first kappa shape index (κ1) is 27.4. The van der Waals surface area contributed by atoms with E-state index in [1.165, 1.54) is 6.42 Å². The number of nitrogens with zero attached hydrogens (tertiary/aromatic N) is 2. The lowest BCUT2D eigenvalue weighted by Crippen LogP contribution is -2.06. The van der Waals surface area contributed by atoms with Crippen LogP contribution in [0.2, 0.25) is 0 Å². The molecule has 0 aliphatic heterocycles. The average molecular weight is 445 g/mol. The van der Waals surface area contributed by atoms with Crippen molar-refractivity contribution in [1.82, 2.24) is 9.97 Å². The summed E-state index contributed by atoms with van der Waals surface area (Å²) in [7, 11) is 0. The lowest BCUT2D eigenvalue weighted by molar-refractivity contribution is -0.137. The summed E-state index contributed by atoms with van der Waals surface area (Å²) < 4.78 is 36.2. The van der Waals surface area contributed by atoms with Crippen molar-refractivity contribution in [3.8, 4) is 0 Å². The van der Waals surface area contributed by atoms with E-state index in [0.717, 1.165) is 95.0 Å². The predicted octanol–water partition coefficient (Wildman–Crippen LogP) is 7.45. The fraction of sp³-hybridized carbons (Fsp3) is 0.792. The van der Waals surface area contributed by atoms with Gasteiger partial charge in [-0.2, -0.15) is 13.2 Å². The highest BCUT2D eigenvalue weighted by Crippen LogP contribution is 2.23. The lowest BCUT2D eigenvalue weighted by atomic mass is 10.1. The molecule has 1 heterocycles. The Morgan fingerprint density at radius 1 is 0.774 bits per heavy atom. The molecule has 0 atom stereocenters. The molecule has 178 valence electrons. The number of carboxylic acid groups (broad SMARTS) is 1. The first-order chi connectivity index (χ1) is 14.9. The molecule has 0 spiro atoms. The number of carbonyl (C=O) groups is 1. The van der Waals surface area contributed by atoms with Crippen molar-refractivity contribution in [3.63, 3.8) is 0 Å². The number of hydrogen-bond donors (Lipinski definition) is 1. The Balaban J connectivity index is 2.00. The second-order valence-corrected chi connectivity index (χ2v) is 8.42. The highest BCUT2D eigenvalue weighted by Gasteiger charge is 2.25. The van der Waals surface area contributed by atoms with Crippen molar-refractivity contribution >= 4 is 5.97 Å². The van der Waals surface area contributed by atoms with E-state index in [1.54, 1.807) is 0 Å². The maximum Gasteiger partial charge on any atom is 0.389 e. The number of aromatic nitrogens is 2. The third-order valence-electron chi connectivity index (χ3n) is 5.45. The van der Waals surface area contributed by atoms with Crippen molar-refractivity contribution in [2.24, 2.45) is 0 Å². The van der Waals surface area contributed by atoms with Gasteiger partial charge in [0, 0.05) is 31.2 Å². The summed E-state index contributed by atoms with van der Waals surface area (Å²) in [5, 5.41) is 8.60. The zero-order valence-corrected chi connectivity index (χ0v) is 18.8. The molecule has 7 heteroatoms. The van der Waals surface area contributed by atoms with Gasteiger partial charge in [-0.05, 0) is 38.2 Å². The molecular formula is C24H39F3N2O2. The Hall–Kier alpha value is -1.66. The molecule has 0 amide bonds. The fourth-order valence-electron chi connectivity index (χ4n) is 3.66. The number of unbranched alkanes of at least 4 members (excludes halogenated alkanes) is 12. The molecule has 1 aromatic heterocycles. The van der Waals surface area contributed by atoms with Gasteiger partial charge in [0.25, 0.3) is 0 Å². The minimum atomic E-state index is -4.01. The third kappa shape index (κ3) is 17.7. The van der Waals surface area contributed by atoms with Gasteiger partial charge in [0.15, 0.2) is 0 Å². The van der Waals surface area contributed by atoms with E-state index in [1.807, 2.05) is 12.3 Å². The standard InChI is InChI=1S/C24H39F3N2O2/c25-24(26,27)19-14-10-6-2-3-7-11-15-21-18-20-28-22(29-21)16-12-8-4-1-5-9-13-17-23(30)31/h18,20H,1-17,19H2,(H,30,31). The van der Waals surface area contributed by atoms with Crippen LogP contribution in [-0.4, -0.2) is 27.2 Å². The molecule has 1 N–H and O–H groups in total. The van der Waals surface area contributed by atoms with Crippen molar-refractivity contribution in [2.75, 3.05) is 0 Å². The van der Waals surface area contributed by atoms with Gasteiger partial charge < -0.3 is 5.11 Å². The summed E-state index contributed by atoms with van der Waals surface area (Å²) in [6, 6.07) is 1.97. The Morgan fingerprint density at radius 3 is 1.87 bits per heavy atom. The number of hydrogen-bond acceptors (Lipinski definition) is 3. The van der Waals surface area contributed by atoms with Crippen LogP contribution in [0.4, 0.5) is 13.2 Å². The second-order valence-electron chi connectivity index (χ2n) is 8.42. The number of aliphatic carboxylic acids is 1. The SMILES string of the molecule is O=C(O)CCCCCCCCCc1nccc(CCCCCCCCCC(F)(F)F)n1. The van der Waals surface area contributed by atoms with Gasteiger partial charge in [-0.3, -0.25) is 4.79 Å². The van der Waals surface area contributed by atoms with Gasteiger partial charge >= 0.3 is 12.1 Å². The lowest BCUT2D eigenvalue weighted by Gasteiger charge is -2.06. The predicted molar refractivity (Wildman–Crippen MR) is 117 cm³/mol. The van der Waals surface area contributed by atoms with Crippen LogP contribution in [0, 0.1) is 0 Å². The van der Waals surface area contributed by atoms with E-state index in [0.29, 0.717) is 6.42 Å². The van der Waals surface area contributed by atoms with Crippen LogP contribution in [0.5, 0.6) is 0 Å². The molecule has 0 aromatic carbocycles. The minimum absolute atomic E-state index is 0.250. The van der Waals surface area contributed by atoms with Crippen molar-refractivity contribution < 1.29 is 23.1 Å². The average Bonchev–Trinajstić information content (AvgIpc) is 2.70. The van der Waals surface area contributed by atoms with Crippen LogP contribution < -0.4 is 0 Å². The zero-order valence-electron chi connectivity index (χ0n) is 18.8. The summed E-state index contributed by atoms with van der Waals surface area (Å²) in [4.78, 5) is 19.5. The van der Waals surface area contributed by atoms with Crippen LogP contribution in [-0.2, 0) is 17.6 Å². The molecular weight excluding hydrogens is 405 g/mol. The number of rotatable bonds is 19. The smallest absolute Gasteiger partial charge is 0.389 e. The number of alkyl halides is 3. The van der Waals surface area contributed by atoms with Crippen LogP contribution in [0.25, 0.3) is 0 Å². The van der Waals surface area contributed by atoms with E-state index >= 15 is 0 Å². The Morgan fingerprint density at radius 2 is 1.29 bits per heavy atom. The molecule has 0 unspecified atom stereocenters. The molecule has 0 saturated carbocycles. The van der Waals surface area contributed by atoms with Crippen molar-refractivity contribution in [2.45, 2.75) is 122 Å². The van der Waals surface area contributed by atoms with Crippen LogP contribution in [0.3, 0.4) is 0 Å². The summed E-state index contributed by atoms with van der Waals surface area (Å²) in [5.41, 5.74) is 1.08. The molecule has 0 fully saturated rings. The number of halogens is 3. The van der Waals surface area contributed by atoms with E-state index < -0.39 is 18.6 Å². The van der Waals surface area contributed by atoms with Crippen molar-refractivity contribution in [1.29, 1.82) is 0 Å². The highest BCUT2D eigenvalue weighted by molar-refractivity contribution is 5.66. The van der Waals surface area contributed by atoms with E-state index in [-0.39, 0.29) is 12.8 Å². The highest BCUT2D eigenvalue weighted by atomic mass is 19.4. The number of aryl methyl sites for hydroxylation is 2. The molecule has 0 bridgehead atoms. The third-order valence-corrected chi connectivity index (χ3v) is 5.45. The van der Waals surface area contributed by atoms with Gasteiger partial charge in [0.1, 0.15) is 5.82 Å². The second kappa shape index (κ2) is 17.0. The first-order valence-corrected chi connectivity index (χ1v) is 12.0. The maximum absolute atomic E-state index is 12.1. The fourth-order valence-corrected chi connectivity index (χ4v) is 3.66. The summed E-state index contributed by atoms with van der Waals surface area (Å²) in [5.74, 6) is 0.198. The Bertz CT molecular complexity index is 594. The van der Waals surface area contributed by atoms with Crippen molar-refractivity contribution in [3.05, 3.63) is 23.8 Å². The van der Waals surface area contributed by atoms with E-state index in [9.17, 15) is 18.0 Å². The Labute approximate surface area is 185 Å². The zero-order chi connectivity index (χ0) is 22.8. The summed E-state index contributed by atoms with van der Waals surface area (Å²) in [6.45, 7) is 0. The van der Waals surface area contributed by atoms with Crippen LogP contribution in [0.1, 0.15) is 114 Å². The monoisotopic (exact) mass is 444 g/mol. The van der Waals surface area contributed by atoms with Gasteiger partial charge in [-0.1, -0.05) is 64.2 Å². The Kier molecular flexibility index (Phi) is 15.0. The molecule has 0 aliphatic carbocycles. The molecule has 1 aromatic rings. The minimum Gasteiger partial charge on any atom is -0.481 e. The maximum atomic E-state index is 12.1. The van der Waals surface area contributed by atoms with E-state index in [4.69, 9.17) is 5.11 Å². The quantitative estimate of drug-likeness (QED) is 0.225. The van der Waals surface area contributed by atoms with Crippen LogP contribution >= 0.6 is 0 Å². The van der Waals surface area contributed by atoms with Gasteiger partial charge in [0.05, 0.1) is 0 Å². The summed E-state index contributed by atoms with van der Waals surface area (Å²) >= 11 is 0. The largest absolute Gasteiger partial charge is 0.481 e. The topological polar surface area (TPSA) is 63.1 Å². The molecule has 31 heavy (non-hydrogen) atoms.